The van der Waals surface area contributed by atoms with Crippen LogP contribution < -0.4 is 5.73 Å². The fourth-order valence-electron chi connectivity index (χ4n) is 7.41. The van der Waals surface area contributed by atoms with E-state index in [0.29, 0.717) is 25.7 Å². The lowest BCUT2D eigenvalue weighted by Crippen LogP contribution is -2.62. The van der Waals surface area contributed by atoms with Crippen molar-refractivity contribution in [1.29, 1.82) is 0 Å². The minimum Gasteiger partial charge on any atom is -0.393 e. The van der Waals surface area contributed by atoms with Crippen LogP contribution in [0.25, 0.3) is 0 Å². The van der Waals surface area contributed by atoms with Crippen molar-refractivity contribution in [2.24, 2.45) is 34.3 Å². The van der Waals surface area contributed by atoms with Gasteiger partial charge in [0.1, 0.15) is 12.2 Å². The van der Waals surface area contributed by atoms with Crippen LogP contribution in [0.3, 0.4) is 0 Å². The normalized spacial score (nSPS) is 51.9. The second kappa shape index (κ2) is 5.96. The van der Waals surface area contributed by atoms with Gasteiger partial charge in [-0.05, 0) is 67.8 Å². The topological polar surface area (TPSA) is 121 Å². The number of carbonyl (C=O) groups excluding carboxylic acids is 2. The standard InChI is InChI=1S/C21H31NO5/c1-19-8-14(22)15(24)7-11(19)3-4-12-13-5-6-21(27,17(26)10-23)20(13,2)9-16(25)18(12)19/h7,12-14,16,18,23,25,27H,3-6,8-10,22H2,1-2H3/t12-,13-,14?,16-,18+,19-,20-,21-/m0/s1. The van der Waals surface area contributed by atoms with Crippen molar-refractivity contribution in [2.45, 2.75) is 70.1 Å². The number of Topliss-reactive ketones (excluding diaryl/α,β-unsaturated/α-hetero) is 1. The highest BCUT2D eigenvalue weighted by atomic mass is 16.3. The summed E-state index contributed by atoms with van der Waals surface area (Å²) >= 11 is 0. The number of carbonyl (C=O) groups is 2. The van der Waals surface area contributed by atoms with Crippen LogP contribution in [0.4, 0.5) is 0 Å². The van der Waals surface area contributed by atoms with Crippen molar-refractivity contribution in [2.75, 3.05) is 6.61 Å². The highest BCUT2D eigenvalue weighted by Crippen LogP contribution is 2.67. The Balaban J connectivity index is 1.74. The van der Waals surface area contributed by atoms with Gasteiger partial charge in [0.05, 0.1) is 12.1 Å². The first-order valence-corrected chi connectivity index (χ1v) is 10.1. The molecule has 0 spiro atoms. The number of hydrogen-bond acceptors (Lipinski definition) is 6. The van der Waals surface area contributed by atoms with Crippen LogP contribution in [-0.2, 0) is 9.59 Å². The average Bonchev–Trinajstić information content (AvgIpc) is 2.87. The molecule has 5 N–H and O–H groups in total. The second-order valence-corrected chi connectivity index (χ2v) is 9.80. The summed E-state index contributed by atoms with van der Waals surface area (Å²) in [6.07, 6.45) is 4.57. The molecule has 27 heavy (non-hydrogen) atoms. The number of fused-ring (bicyclic) bond motifs is 5. The molecular weight excluding hydrogens is 346 g/mol. The molecule has 4 aliphatic rings. The average molecular weight is 377 g/mol. The van der Waals surface area contributed by atoms with Crippen LogP contribution >= 0.6 is 0 Å². The Kier molecular flexibility index (Phi) is 4.25. The molecule has 3 fully saturated rings. The molecule has 0 aliphatic heterocycles. The lowest BCUT2D eigenvalue weighted by molar-refractivity contribution is -0.182. The van der Waals surface area contributed by atoms with Crippen molar-refractivity contribution >= 4 is 11.6 Å². The predicted octanol–water partition coefficient (Wildman–Crippen LogP) is 0.719. The van der Waals surface area contributed by atoms with E-state index in [9.17, 15) is 24.9 Å². The van der Waals surface area contributed by atoms with Gasteiger partial charge < -0.3 is 21.1 Å². The van der Waals surface area contributed by atoms with Gasteiger partial charge in [-0.2, -0.15) is 0 Å². The van der Waals surface area contributed by atoms with Crippen molar-refractivity contribution in [3.8, 4) is 0 Å². The zero-order chi connectivity index (χ0) is 19.8. The summed E-state index contributed by atoms with van der Waals surface area (Å²) in [5.41, 5.74) is 4.54. The van der Waals surface area contributed by atoms with Gasteiger partial charge in [-0.25, -0.2) is 0 Å². The van der Waals surface area contributed by atoms with Gasteiger partial charge in [-0.1, -0.05) is 19.4 Å². The van der Waals surface area contributed by atoms with E-state index in [0.717, 1.165) is 18.4 Å². The number of ketones is 2. The summed E-state index contributed by atoms with van der Waals surface area (Å²) in [6.45, 7) is 3.35. The maximum Gasteiger partial charge on any atom is 0.190 e. The second-order valence-electron chi connectivity index (χ2n) is 9.80. The van der Waals surface area contributed by atoms with E-state index in [1.807, 2.05) is 6.92 Å². The molecular formula is C21H31NO5. The van der Waals surface area contributed by atoms with E-state index in [-0.39, 0.29) is 29.0 Å². The van der Waals surface area contributed by atoms with Crippen molar-refractivity contribution < 1.29 is 24.9 Å². The van der Waals surface area contributed by atoms with E-state index in [1.165, 1.54) is 0 Å². The smallest absolute Gasteiger partial charge is 0.190 e. The Bertz CT molecular complexity index is 719. The molecule has 0 saturated heterocycles. The van der Waals surface area contributed by atoms with Gasteiger partial charge in [-0.3, -0.25) is 9.59 Å². The van der Waals surface area contributed by atoms with Gasteiger partial charge in [0.15, 0.2) is 11.6 Å². The maximum absolute atomic E-state index is 12.4. The summed E-state index contributed by atoms with van der Waals surface area (Å²) < 4.78 is 0. The first kappa shape index (κ1) is 19.2. The summed E-state index contributed by atoms with van der Waals surface area (Å²) in [7, 11) is 0. The van der Waals surface area contributed by atoms with Gasteiger partial charge >= 0.3 is 0 Å². The first-order chi connectivity index (χ1) is 12.6. The quantitative estimate of drug-likeness (QED) is 0.563. The molecule has 6 heteroatoms. The maximum atomic E-state index is 12.4. The molecule has 0 aromatic rings. The van der Waals surface area contributed by atoms with Crippen LogP contribution in [0.5, 0.6) is 0 Å². The van der Waals surface area contributed by atoms with Gasteiger partial charge in [0.25, 0.3) is 0 Å². The molecule has 6 nitrogen and oxygen atoms in total. The molecule has 0 amide bonds. The summed E-state index contributed by atoms with van der Waals surface area (Å²) in [5.74, 6) is -0.312. The molecule has 0 heterocycles. The fraction of sp³-hybridized carbons (Fsp3) is 0.810. The van der Waals surface area contributed by atoms with E-state index >= 15 is 0 Å². The lowest BCUT2D eigenvalue weighted by Gasteiger charge is -2.60. The number of allylic oxidation sites excluding steroid dienone is 1. The molecule has 0 bridgehead atoms. The lowest BCUT2D eigenvalue weighted by atomic mass is 9.45. The third-order valence-electron chi connectivity index (χ3n) is 8.75. The van der Waals surface area contributed by atoms with E-state index in [4.69, 9.17) is 5.73 Å². The highest BCUT2D eigenvalue weighted by Gasteiger charge is 2.68. The van der Waals surface area contributed by atoms with E-state index in [2.05, 4.69) is 6.92 Å². The monoisotopic (exact) mass is 377 g/mol. The van der Waals surface area contributed by atoms with E-state index < -0.39 is 35.6 Å². The van der Waals surface area contributed by atoms with Gasteiger partial charge in [-0.15, -0.1) is 0 Å². The molecule has 1 unspecified atom stereocenters. The summed E-state index contributed by atoms with van der Waals surface area (Å²) in [5, 5.41) is 31.8. The van der Waals surface area contributed by atoms with Crippen LogP contribution in [0, 0.1) is 28.6 Å². The number of aliphatic hydroxyl groups excluding tert-OH is 2. The molecule has 150 valence electrons. The summed E-state index contributed by atoms with van der Waals surface area (Å²) in [6, 6.07) is -0.533. The number of aliphatic hydroxyl groups is 3. The van der Waals surface area contributed by atoms with Crippen LogP contribution in [0.2, 0.25) is 0 Å². The van der Waals surface area contributed by atoms with Crippen molar-refractivity contribution in [1.82, 2.24) is 0 Å². The minimum absolute atomic E-state index is 0.0266. The number of rotatable bonds is 2. The summed E-state index contributed by atoms with van der Waals surface area (Å²) in [4.78, 5) is 24.5. The SMILES string of the molecule is C[C@]12CC(N)C(=O)C=C1CC[C@@H]1[C@@H]2[C@@H](O)C[C@@]2(C)[C@H]1CC[C@]2(O)C(=O)CO. The Morgan fingerprint density at radius 3 is 2.67 bits per heavy atom. The molecule has 8 atom stereocenters. The molecule has 4 rings (SSSR count). The van der Waals surface area contributed by atoms with Crippen LogP contribution in [0.15, 0.2) is 11.6 Å². The Labute approximate surface area is 159 Å². The number of hydrogen-bond donors (Lipinski definition) is 4. The third kappa shape index (κ3) is 2.33. The zero-order valence-electron chi connectivity index (χ0n) is 16.1. The molecule has 0 aromatic heterocycles. The number of nitrogens with two attached hydrogens (primary N) is 1. The van der Waals surface area contributed by atoms with E-state index in [1.54, 1.807) is 6.08 Å². The molecule has 0 radical (unpaired) electrons. The first-order valence-electron chi connectivity index (χ1n) is 10.1. The van der Waals surface area contributed by atoms with Crippen molar-refractivity contribution in [3.05, 3.63) is 11.6 Å². The molecule has 4 aliphatic carbocycles. The zero-order valence-corrected chi connectivity index (χ0v) is 16.1. The Hall–Kier alpha value is -1.08. The fourth-order valence-corrected chi connectivity index (χ4v) is 7.41. The largest absolute Gasteiger partial charge is 0.393 e. The highest BCUT2D eigenvalue weighted by molar-refractivity contribution is 5.96. The van der Waals surface area contributed by atoms with Crippen LogP contribution in [-0.4, -0.2) is 51.2 Å². The minimum atomic E-state index is -1.58. The van der Waals surface area contributed by atoms with Gasteiger partial charge in [0.2, 0.25) is 0 Å². The van der Waals surface area contributed by atoms with Gasteiger partial charge in [0, 0.05) is 5.41 Å². The molecule has 0 aromatic carbocycles. The predicted molar refractivity (Wildman–Crippen MR) is 98.5 cm³/mol. The third-order valence-corrected chi connectivity index (χ3v) is 8.75. The van der Waals surface area contributed by atoms with Crippen molar-refractivity contribution in [3.63, 3.8) is 0 Å². The Morgan fingerprint density at radius 1 is 1.30 bits per heavy atom. The molecule has 3 saturated carbocycles. The van der Waals surface area contributed by atoms with Crippen LogP contribution in [0.1, 0.15) is 52.4 Å². The Morgan fingerprint density at radius 2 is 2.00 bits per heavy atom.